The first kappa shape index (κ1) is 15.5. The number of ketones is 1. The third kappa shape index (κ3) is 4.28. The third-order valence-electron chi connectivity index (χ3n) is 3.43. The maximum atomic E-state index is 12.2. The molecule has 1 aromatic heterocycles. The fourth-order valence-corrected chi connectivity index (χ4v) is 2.48. The molecule has 0 aromatic carbocycles. The molecule has 0 radical (unpaired) electrons. The van der Waals surface area contributed by atoms with Crippen LogP contribution in [0.25, 0.3) is 0 Å². The fourth-order valence-electron chi connectivity index (χ4n) is 2.48. The minimum absolute atomic E-state index is 0.0397. The molecular formula is C16H22N2O3. The molecule has 0 N–H and O–H groups in total. The molecule has 2 rings (SSSR count). The highest BCUT2D eigenvalue weighted by Gasteiger charge is 2.33. The van der Waals surface area contributed by atoms with Gasteiger partial charge in [-0.15, -0.1) is 0 Å². The van der Waals surface area contributed by atoms with Gasteiger partial charge in [0.1, 0.15) is 5.60 Å². The van der Waals surface area contributed by atoms with E-state index in [1.165, 1.54) is 0 Å². The van der Waals surface area contributed by atoms with Crippen molar-refractivity contribution >= 4 is 11.9 Å². The van der Waals surface area contributed by atoms with E-state index in [4.69, 9.17) is 4.74 Å². The molecule has 1 fully saturated rings. The van der Waals surface area contributed by atoms with Crippen LogP contribution in [0.2, 0.25) is 0 Å². The summed E-state index contributed by atoms with van der Waals surface area (Å²) in [4.78, 5) is 30.0. The van der Waals surface area contributed by atoms with E-state index in [1.54, 1.807) is 29.4 Å². The summed E-state index contributed by atoms with van der Waals surface area (Å²) in [6, 6.07) is 3.34. The normalized spacial score (nSPS) is 18.6. The van der Waals surface area contributed by atoms with Crippen LogP contribution in [0.4, 0.5) is 4.79 Å². The first-order valence-electron chi connectivity index (χ1n) is 7.29. The van der Waals surface area contributed by atoms with Crippen molar-refractivity contribution in [3.63, 3.8) is 0 Å². The quantitative estimate of drug-likeness (QED) is 0.803. The van der Waals surface area contributed by atoms with Gasteiger partial charge < -0.3 is 9.64 Å². The second-order valence-electron chi connectivity index (χ2n) is 6.33. The number of hydrogen-bond acceptors (Lipinski definition) is 4. The number of ether oxygens (including phenoxy) is 1. The summed E-state index contributed by atoms with van der Waals surface area (Å²) in [5.41, 5.74) is 0.125. The summed E-state index contributed by atoms with van der Waals surface area (Å²) in [5, 5.41) is 0. The van der Waals surface area contributed by atoms with Crippen LogP contribution in [0, 0.1) is 0 Å². The van der Waals surface area contributed by atoms with Crippen LogP contribution in [-0.2, 0) is 4.74 Å². The Hall–Kier alpha value is -1.91. The zero-order chi connectivity index (χ0) is 15.5. The molecule has 0 spiro atoms. The number of hydrogen-bond donors (Lipinski definition) is 0. The number of amides is 1. The SMILES string of the molecule is CC(C)(C)OC(=O)N1CCCC1CC(=O)c1ccncc1. The van der Waals surface area contributed by atoms with Gasteiger partial charge in [0.2, 0.25) is 0 Å². The van der Waals surface area contributed by atoms with E-state index in [9.17, 15) is 9.59 Å². The largest absolute Gasteiger partial charge is 0.444 e. The molecule has 1 saturated heterocycles. The van der Waals surface area contributed by atoms with E-state index in [0.29, 0.717) is 18.5 Å². The smallest absolute Gasteiger partial charge is 0.410 e. The molecule has 1 aliphatic rings. The van der Waals surface area contributed by atoms with Crippen molar-refractivity contribution in [3.05, 3.63) is 30.1 Å². The number of carbonyl (C=O) groups is 2. The Kier molecular flexibility index (Phi) is 4.60. The molecule has 1 atom stereocenters. The fraction of sp³-hybridized carbons (Fsp3) is 0.562. The van der Waals surface area contributed by atoms with Crippen LogP contribution in [0.3, 0.4) is 0 Å². The van der Waals surface area contributed by atoms with E-state index >= 15 is 0 Å². The highest BCUT2D eigenvalue weighted by atomic mass is 16.6. The standard InChI is InChI=1S/C16H22N2O3/c1-16(2,3)21-15(20)18-10-4-5-13(18)11-14(19)12-6-8-17-9-7-12/h6-9,13H,4-5,10-11H2,1-3H3. The van der Waals surface area contributed by atoms with Gasteiger partial charge in [0.15, 0.2) is 5.78 Å². The lowest BCUT2D eigenvalue weighted by molar-refractivity contribution is 0.0223. The van der Waals surface area contributed by atoms with Crippen LogP contribution in [0.15, 0.2) is 24.5 Å². The van der Waals surface area contributed by atoms with E-state index < -0.39 is 5.60 Å². The maximum absolute atomic E-state index is 12.2. The van der Waals surface area contributed by atoms with E-state index in [0.717, 1.165) is 12.8 Å². The molecule has 1 aliphatic heterocycles. The van der Waals surface area contributed by atoms with Crippen LogP contribution in [-0.4, -0.2) is 39.9 Å². The van der Waals surface area contributed by atoms with Gasteiger partial charge >= 0.3 is 6.09 Å². The van der Waals surface area contributed by atoms with Crippen molar-refractivity contribution in [2.75, 3.05) is 6.54 Å². The molecule has 5 nitrogen and oxygen atoms in total. The Morgan fingerprint density at radius 1 is 1.33 bits per heavy atom. The zero-order valence-corrected chi connectivity index (χ0v) is 12.8. The minimum Gasteiger partial charge on any atom is -0.444 e. The van der Waals surface area contributed by atoms with Gasteiger partial charge in [-0.3, -0.25) is 9.78 Å². The van der Waals surface area contributed by atoms with Crippen molar-refractivity contribution in [2.24, 2.45) is 0 Å². The predicted octanol–water partition coefficient (Wildman–Crippen LogP) is 3.05. The first-order valence-corrected chi connectivity index (χ1v) is 7.29. The molecule has 0 saturated carbocycles. The summed E-state index contributed by atoms with van der Waals surface area (Å²) >= 11 is 0. The van der Waals surface area contributed by atoms with Gasteiger partial charge in [0.25, 0.3) is 0 Å². The van der Waals surface area contributed by atoms with E-state index in [2.05, 4.69) is 4.98 Å². The molecule has 1 unspecified atom stereocenters. The van der Waals surface area contributed by atoms with Gasteiger partial charge in [-0.05, 0) is 45.7 Å². The summed E-state index contributed by atoms with van der Waals surface area (Å²) in [7, 11) is 0. The lowest BCUT2D eigenvalue weighted by Gasteiger charge is -2.28. The summed E-state index contributed by atoms with van der Waals surface area (Å²) < 4.78 is 5.40. The zero-order valence-electron chi connectivity index (χ0n) is 12.8. The lowest BCUT2D eigenvalue weighted by atomic mass is 10.0. The van der Waals surface area contributed by atoms with Gasteiger partial charge in [0, 0.05) is 37.0 Å². The number of likely N-dealkylation sites (tertiary alicyclic amines) is 1. The Labute approximate surface area is 125 Å². The van der Waals surface area contributed by atoms with Crippen molar-refractivity contribution in [3.8, 4) is 0 Å². The number of rotatable bonds is 3. The van der Waals surface area contributed by atoms with Crippen molar-refractivity contribution in [2.45, 2.75) is 51.7 Å². The molecular weight excluding hydrogens is 268 g/mol. The molecule has 0 aliphatic carbocycles. The van der Waals surface area contributed by atoms with Crippen molar-refractivity contribution in [1.29, 1.82) is 0 Å². The number of nitrogens with zero attached hydrogens (tertiary/aromatic N) is 2. The molecule has 5 heteroatoms. The minimum atomic E-state index is -0.515. The molecule has 0 bridgehead atoms. The molecule has 21 heavy (non-hydrogen) atoms. The summed E-state index contributed by atoms with van der Waals surface area (Å²) in [6.07, 6.45) is 4.97. The Morgan fingerprint density at radius 2 is 2.00 bits per heavy atom. The number of pyridine rings is 1. The number of Topliss-reactive ketones (excluding diaryl/α,β-unsaturated/α-hetero) is 1. The average molecular weight is 290 g/mol. The Morgan fingerprint density at radius 3 is 2.62 bits per heavy atom. The molecule has 2 heterocycles. The van der Waals surface area contributed by atoms with E-state index in [1.807, 2.05) is 20.8 Å². The second kappa shape index (κ2) is 6.24. The first-order chi connectivity index (χ1) is 9.87. The summed E-state index contributed by atoms with van der Waals surface area (Å²) in [5.74, 6) is 0.0397. The van der Waals surface area contributed by atoms with Gasteiger partial charge in [-0.25, -0.2) is 4.79 Å². The van der Waals surface area contributed by atoms with Crippen LogP contribution in [0.1, 0.15) is 50.4 Å². The van der Waals surface area contributed by atoms with Crippen molar-refractivity contribution in [1.82, 2.24) is 9.88 Å². The van der Waals surface area contributed by atoms with Gasteiger partial charge in [-0.2, -0.15) is 0 Å². The number of aromatic nitrogens is 1. The van der Waals surface area contributed by atoms with Crippen LogP contribution >= 0.6 is 0 Å². The highest BCUT2D eigenvalue weighted by molar-refractivity contribution is 5.96. The van der Waals surface area contributed by atoms with Crippen LogP contribution < -0.4 is 0 Å². The second-order valence-corrected chi connectivity index (χ2v) is 6.33. The molecule has 1 amide bonds. The van der Waals surface area contributed by atoms with Crippen molar-refractivity contribution < 1.29 is 14.3 Å². The lowest BCUT2D eigenvalue weighted by Crippen LogP contribution is -2.40. The van der Waals surface area contributed by atoms with Crippen LogP contribution in [0.5, 0.6) is 0 Å². The topological polar surface area (TPSA) is 59.5 Å². The average Bonchev–Trinajstić information content (AvgIpc) is 2.86. The number of carbonyl (C=O) groups excluding carboxylic acids is 2. The highest BCUT2D eigenvalue weighted by Crippen LogP contribution is 2.24. The third-order valence-corrected chi connectivity index (χ3v) is 3.43. The monoisotopic (exact) mass is 290 g/mol. The maximum Gasteiger partial charge on any atom is 0.410 e. The molecule has 114 valence electrons. The Balaban J connectivity index is 1.99. The summed E-state index contributed by atoms with van der Waals surface area (Å²) in [6.45, 7) is 6.19. The van der Waals surface area contributed by atoms with Gasteiger partial charge in [0.05, 0.1) is 0 Å². The predicted molar refractivity (Wildman–Crippen MR) is 79.1 cm³/mol. The molecule has 1 aromatic rings. The van der Waals surface area contributed by atoms with Gasteiger partial charge in [-0.1, -0.05) is 0 Å². The Bertz CT molecular complexity index is 508. The van der Waals surface area contributed by atoms with E-state index in [-0.39, 0.29) is 17.9 Å².